The molecular formula is C10H18O3. The van der Waals surface area contributed by atoms with E-state index in [0.29, 0.717) is 11.8 Å². The Hall–Kier alpha value is -0.120. The minimum absolute atomic E-state index is 0.144. The van der Waals surface area contributed by atoms with Gasteiger partial charge in [-0.1, -0.05) is 0 Å². The third-order valence-corrected chi connectivity index (χ3v) is 3.09. The molecule has 0 radical (unpaired) electrons. The number of aliphatic hydroxyl groups excluding tert-OH is 1. The molecule has 2 saturated heterocycles. The van der Waals surface area contributed by atoms with Crippen molar-refractivity contribution in [3.63, 3.8) is 0 Å². The summed E-state index contributed by atoms with van der Waals surface area (Å²) in [6, 6.07) is 0. The fourth-order valence-corrected chi connectivity index (χ4v) is 2.21. The summed E-state index contributed by atoms with van der Waals surface area (Å²) in [6.45, 7) is 3.23. The number of rotatable bonds is 2. The molecule has 2 heterocycles. The first-order valence-electron chi connectivity index (χ1n) is 5.20. The van der Waals surface area contributed by atoms with Crippen molar-refractivity contribution in [1.29, 1.82) is 0 Å². The molecular weight excluding hydrogens is 168 g/mol. The predicted octanol–water partition coefficient (Wildman–Crippen LogP) is 0.810. The lowest BCUT2D eigenvalue weighted by Gasteiger charge is -2.29. The highest BCUT2D eigenvalue weighted by atomic mass is 16.5. The van der Waals surface area contributed by atoms with Gasteiger partial charge in [-0.05, 0) is 25.2 Å². The van der Waals surface area contributed by atoms with E-state index in [1.165, 1.54) is 0 Å². The lowest BCUT2D eigenvalue weighted by Crippen LogP contribution is -2.33. The molecule has 2 rings (SSSR count). The SMILES string of the molecule is OC1CCOCC1CC1CCOC1. The van der Waals surface area contributed by atoms with E-state index < -0.39 is 0 Å². The second kappa shape index (κ2) is 4.40. The maximum Gasteiger partial charge on any atom is 0.0612 e. The van der Waals surface area contributed by atoms with E-state index >= 15 is 0 Å². The lowest BCUT2D eigenvalue weighted by atomic mass is 9.88. The van der Waals surface area contributed by atoms with Crippen LogP contribution in [0.2, 0.25) is 0 Å². The standard InChI is InChI=1S/C10H18O3/c11-10-2-4-13-7-9(10)5-8-1-3-12-6-8/h8-11H,1-7H2. The molecule has 0 spiro atoms. The molecule has 2 aliphatic rings. The van der Waals surface area contributed by atoms with E-state index in [9.17, 15) is 5.11 Å². The second-order valence-electron chi connectivity index (χ2n) is 4.16. The molecule has 1 N–H and O–H groups in total. The van der Waals surface area contributed by atoms with Crippen molar-refractivity contribution >= 4 is 0 Å². The molecule has 3 unspecified atom stereocenters. The zero-order valence-corrected chi connectivity index (χ0v) is 7.95. The van der Waals surface area contributed by atoms with E-state index in [1.807, 2.05) is 0 Å². The van der Waals surface area contributed by atoms with Gasteiger partial charge in [0.15, 0.2) is 0 Å². The quantitative estimate of drug-likeness (QED) is 0.693. The van der Waals surface area contributed by atoms with Gasteiger partial charge in [0.25, 0.3) is 0 Å². The topological polar surface area (TPSA) is 38.7 Å². The van der Waals surface area contributed by atoms with Crippen LogP contribution in [-0.4, -0.2) is 37.6 Å². The normalized spacial score (nSPS) is 40.8. The van der Waals surface area contributed by atoms with Crippen molar-refractivity contribution in [1.82, 2.24) is 0 Å². The highest BCUT2D eigenvalue weighted by Gasteiger charge is 2.28. The second-order valence-corrected chi connectivity index (χ2v) is 4.16. The Bertz CT molecular complexity index is 154. The molecule has 0 aliphatic carbocycles. The Morgan fingerprint density at radius 2 is 1.85 bits per heavy atom. The van der Waals surface area contributed by atoms with Crippen molar-refractivity contribution in [3.8, 4) is 0 Å². The zero-order chi connectivity index (χ0) is 9.10. The van der Waals surface area contributed by atoms with Gasteiger partial charge in [0.05, 0.1) is 12.7 Å². The summed E-state index contributed by atoms with van der Waals surface area (Å²) in [5, 5.41) is 9.71. The monoisotopic (exact) mass is 186 g/mol. The average molecular weight is 186 g/mol. The van der Waals surface area contributed by atoms with E-state index in [4.69, 9.17) is 9.47 Å². The van der Waals surface area contributed by atoms with Crippen LogP contribution in [0.25, 0.3) is 0 Å². The molecule has 0 aromatic rings. The fraction of sp³-hybridized carbons (Fsp3) is 1.00. The Labute approximate surface area is 79.0 Å². The molecule has 13 heavy (non-hydrogen) atoms. The van der Waals surface area contributed by atoms with Gasteiger partial charge in [0.1, 0.15) is 0 Å². The summed E-state index contributed by atoms with van der Waals surface area (Å²) >= 11 is 0. The first-order valence-corrected chi connectivity index (χ1v) is 5.20. The summed E-state index contributed by atoms with van der Waals surface area (Å²) in [4.78, 5) is 0. The molecule has 0 aromatic heterocycles. The summed E-state index contributed by atoms with van der Waals surface area (Å²) in [5.41, 5.74) is 0. The maximum absolute atomic E-state index is 9.71. The van der Waals surface area contributed by atoms with Crippen LogP contribution in [0.1, 0.15) is 19.3 Å². The van der Waals surface area contributed by atoms with Gasteiger partial charge in [-0.3, -0.25) is 0 Å². The van der Waals surface area contributed by atoms with Crippen LogP contribution in [0.15, 0.2) is 0 Å². The number of ether oxygens (including phenoxy) is 2. The molecule has 2 fully saturated rings. The van der Waals surface area contributed by atoms with Crippen molar-refractivity contribution in [2.24, 2.45) is 11.8 Å². The van der Waals surface area contributed by atoms with Crippen molar-refractivity contribution in [3.05, 3.63) is 0 Å². The minimum atomic E-state index is -0.144. The molecule has 0 amide bonds. The van der Waals surface area contributed by atoms with Crippen molar-refractivity contribution < 1.29 is 14.6 Å². The van der Waals surface area contributed by atoms with Gasteiger partial charge in [-0.2, -0.15) is 0 Å². The minimum Gasteiger partial charge on any atom is -0.393 e. The Morgan fingerprint density at radius 1 is 1.08 bits per heavy atom. The lowest BCUT2D eigenvalue weighted by molar-refractivity contribution is -0.0437. The van der Waals surface area contributed by atoms with Crippen LogP contribution >= 0.6 is 0 Å². The van der Waals surface area contributed by atoms with Gasteiger partial charge in [-0.15, -0.1) is 0 Å². The smallest absolute Gasteiger partial charge is 0.0612 e. The molecule has 0 bridgehead atoms. The van der Waals surface area contributed by atoms with Crippen LogP contribution in [0.5, 0.6) is 0 Å². The molecule has 0 aromatic carbocycles. The molecule has 3 nitrogen and oxygen atoms in total. The summed E-state index contributed by atoms with van der Waals surface area (Å²) in [7, 11) is 0. The van der Waals surface area contributed by atoms with E-state index in [2.05, 4.69) is 0 Å². The largest absolute Gasteiger partial charge is 0.393 e. The maximum atomic E-state index is 9.71. The van der Waals surface area contributed by atoms with Crippen LogP contribution in [0, 0.1) is 11.8 Å². The highest BCUT2D eigenvalue weighted by Crippen LogP contribution is 2.26. The third-order valence-electron chi connectivity index (χ3n) is 3.09. The molecule has 2 aliphatic heterocycles. The summed E-state index contributed by atoms with van der Waals surface area (Å²) in [5.74, 6) is 1.00. The Balaban J connectivity index is 1.78. The van der Waals surface area contributed by atoms with Gasteiger partial charge >= 0.3 is 0 Å². The van der Waals surface area contributed by atoms with Gasteiger partial charge in [0, 0.05) is 25.7 Å². The molecule has 3 atom stereocenters. The van der Waals surface area contributed by atoms with Gasteiger partial charge < -0.3 is 14.6 Å². The highest BCUT2D eigenvalue weighted by molar-refractivity contribution is 4.77. The van der Waals surface area contributed by atoms with Crippen molar-refractivity contribution in [2.45, 2.75) is 25.4 Å². The van der Waals surface area contributed by atoms with E-state index in [-0.39, 0.29) is 6.10 Å². The van der Waals surface area contributed by atoms with Crippen LogP contribution in [0.3, 0.4) is 0 Å². The molecule has 0 saturated carbocycles. The number of hydrogen-bond donors (Lipinski definition) is 1. The third kappa shape index (κ3) is 2.42. The first kappa shape index (κ1) is 9.44. The Morgan fingerprint density at radius 3 is 2.54 bits per heavy atom. The Kier molecular flexibility index (Phi) is 3.19. The van der Waals surface area contributed by atoms with Gasteiger partial charge in [0.2, 0.25) is 0 Å². The number of hydrogen-bond acceptors (Lipinski definition) is 3. The van der Waals surface area contributed by atoms with Gasteiger partial charge in [-0.25, -0.2) is 0 Å². The van der Waals surface area contributed by atoms with E-state index in [1.54, 1.807) is 0 Å². The average Bonchev–Trinajstić information content (AvgIpc) is 2.61. The molecule has 76 valence electrons. The van der Waals surface area contributed by atoms with Crippen LogP contribution in [-0.2, 0) is 9.47 Å². The summed E-state index contributed by atoms with van der Waals surface area (Å²) < 4.78 is 10.7. The van der Waals surface area contributed by atoms with Crippen molar-refractivity contribution in [2.75, 3.05) is 26.4 Å². The van der Waals surface area contributed by atoms with E-state index in [0.717, 1.165) is 45.7 Å². The fourth-order valence-electron chi connectivity index (χ4n) is 2.21. The predicted molar refractivity (Wildman–Crippen MR) is 48.5 cm³/mol. The van der Waals surface area contributed by atoms with Crippen LogP contribution < -0.4 is 0 Å². The first-order chi connectivity index (χ1) is 6.36. The molecule has 3 heteroatoms. The number of aliphatic hydroxyl groups is 1. The van der Waals surface area contributed by atoms with Crippen LogP contribution in [0.4, 0.5) is 0 Å². The zero-order valence-electron chi connectivity index (χ0n) is 7.95. The summed E-state index contributed by atoms with van der Waals surface area (Å²) in [6.07, 6.45) is 2.89.